The molecular weight excluding hydrogens is 258 g/mol. The number of rotatable bonds is 10. The van der Waals surface area contributed by atoms with Crippen molar-refractivity contribution in [2.75, 3.05) is 20.3 Å². The van der Waals surface area contributed by atoms with E-state index in [0.29, 0.717) is 13.2 Å². The largest absolute Gasteiger partial charge is 0.465 e. The molecule has 0 saturated heterocycles. The van der Waals surface area contributed by atoms with Gasteiger partial charge in [0.15, 0.2) is 0 Å². The minimum Gasteiger partial charge on any atom is -0.465 e. The molecule has 5 heteroatoms. The zero-order valence-electron chi connectivity index (χ0n) is 13.5. The van der Waals surface area contributed by atoms with Crippen molar-refractivity contribution in [1.29, 1.82) is 0 Å². The van der Waals surface area contributed by atoms with Crippen LogP contribution in [0.3, 0.4) is 0 Å². The van der Waals surface area contributed by atoms with Gasteiger partial charge in [0.25, 0.3) is 0 Å². The first-order valence-electron chi connectivity index (χ1n) is 7.50. The summed E-state index contributed by atoms with van der Waals surface area (Å²) < 4.78 is 10.3. The molecule has 118 valence electrons. The van der Waals surface area contributed by atoms with Gasteiger partial charge in [-0.3, -0.25) is 14.5 Å². The molecule has 5 nitrogen and oxygen atoms in total. The lowest BCUT2D eigenvalue weighted by atomic mass is 10.2. The molecule has 0 aromatic carbocycles. The van der Waals surface area contributed by atoms with Crippen LogP contribution in [0.4, 0.5) is 0 Å². The third kappa shape index (κ3) is 6.89. The van der Waals surface area contributed by atoms with E-state index in [-0.39, 0.29) is 11.9 Å². The minimum absolute atomic E-state index is 0.297. The van der Waals surface area contributed by atoms with Gasteiger partial charge in [0.1, 0.15) is 12.1 Å². The molecule has 0 fully saturated rings. The van der Waals surface area contributed by atoms with Gasteiger partial charge in [-0.05, 0) is 33.7 Å². The summed E-state index contributed by atoms with van der Waals surface area (Å²) in [6, 6.07) is -0.916. The normalized spacial score (nSPS) is 13.9. The summed E-state index contributed by atoms with van der Waals surface area (Å²) in [5, 5.41) is 0. The van der Waals surface area contributed by atoms with Crippen LogP contribution in [0.25, 0.3) is 0 Å². The molecule has 0 spiro atoms. The Morgan fingerprint density at radius 2 is 1.25 bits per heavy atom. The summed E-state index contributed by atoms with van der Waals surface area (Å²) in [4.78, 5) is 25.3. The summed E-state index contributed by atoms with van der Waals surface area (Å²) in [5.74, 6) is -0.594. The first kappa shape index (κ1) is 18.9. The van der Waals surface area contributed by atoms with Gasteiger partial charge in [0.05, 0.1) is 13.2 Å². The molecule has 0 aromatic heterocycles. The Kier molecular flexibility index (Phi) is 10.1. The molecule has 0 bridgehead atoms. The number of likely N-dealkylation sites (N-methyl/N-ethyl adjacent to an activating group) is 1. The van der Waals surface area contributed by atoms with Gasteiger partial charge < -0.3 is 9.47 Å². The molecule has 2 unspecified atom stereocenters. The second-order valence-corrected chi connectivity index (χ2v) is 5.06. The number of hydrogen-bond donors (Lipinski definition) is 0. The molecule has 2 atom stereocenters. The zero-order chi connectivity index (χ0) is 15.5. The number of carbonyl (C=O) groups is 2. The predicted molar refractivity (Wildman–Crippen MR) is 78.4 cm³/mol. The van der Waals surface area contributed by atoms with Gasteiger partial charge in [-0.25, -0.2) is 0 Å². The van der Waals surface area contributed by atoms with E-state index < -0.39 is 12.1 Å². The van der Waals surface area contributed by atoms with Crippen molar-refractivity contribution < 1.29 is 19.1 Å². The van der Waals surface area contributed by atoms with Crippen LogP contribution in [0.15, 0.2) is 0 Å². The monoisotopic (exact) mass is 287 g/mol. The van der Waals surface area contributed by atoms with E-state index in [4.69, 9.17) is 9.47 Å². The molecule has 0 aliphatic heterocycles. The van der Waals surface area contributed by atoms with E-state index in [9.17, 15) is 9.59 Å². The van der Waals surface area contributed by atoms with Crippen LogP contribution in [-0.2, 0) is 19.1 Å². The van der Waals surface area contributed by atoms with Crippen LogP contribution < -0.4 is 0 Å². The van der Waals surface area contributed by atoms with E-state index in [1.54, 1.807) is 25.8 Å². The average molecular weight is 287 g/mol. The first-order chi connectivity index (χ1) is 9.45. The van der Waals surface area contributed by atoms with Gasteiger partial charge in [-0.15, -0.1) is 0 Å². The summed E-state index contributed by atoms with van der Waals surface area (Å²) in [5.41, 5.74) is 0. The maximum absolute atomic E-state index is 11.8. The summed E-state index contributed by atoms with van der Waals surface area (Å²) >= 11 is 0. The number of hydrogen-bond acceptors (Lipinski definition) is 5. The lowest BCUT2D eigenvalue weighted by Crippen LogP contribution is -2.46. The Morgan fingerprint density at radius 3 is 1.55 bits per heavy atom. The highest BCUT2D eigenvalue weighted by Gasteiger charge is 2.28. The lowest BCUT2D eigenvalue weighted by Gasteiger charge is -2.27. The third-order valence-electron chi connectivity index (χ3n) is 3.39. The molecule has 20 heavy (non-hydrogen) atoms. The van der Waals surface area contributed by atoms with Crippen molar-refractivity contribution in [1.82, 2.24) is 4.90 Å². The molecule has 0 heterocycles. The van der Waals surface area contributed by atoms with Crippen molar-refractivity contribution in [2.45, 2.75) is 65.5 Å². The molecule has 0 aliphatic carbocycles. The maximum atomic E-state index is 11.8. The predicted octanol–water partition coefficient (Wildman–Crippen LogP) is 2.38. The standard InChI is InChI=1S/C15H29NO4/c1-6-8-10-19-14(17)12(3)16(5)13(4)15(18)20-11-9-7-2/h12-13H,6-11H2,1-5H3. The number of esters is 2. The fourth-order valence-corrected chi connectivity index (χ4v) is 1.54. The molecular formula is C15H29NO4. The van der Waals surface area contributed by atoms with Crippen molar-refractivity contribution in [3.8, 4) is 0 Å². The topological polar surface area (TPSA) is 55.8 Å². The van der Waals surface area contributed by atoms with Crippen LogP contribution in [-0.4, -0.2) is 49.2 Å². The van der Waals surface area contributed by atoms with E-state index >= 15 is 0 Å². The van der Waals surface area contributed by atoms with Gasteiger partial charge in [0, 0.05) is 0 Å². The molecule has 0 aromatic rings. The van der Waals surface area contributed by atoms with E-state index in [1.807, 2.05) is 13.8 Å². The van der Waals surface area contributed by atoms with Gasteiger partial charge in [-0.1, -0.05) is 26.7 Å². The third-order valence-corrected chi connectivity index (χ3v) is 3.39. The lowest BCUT2D eigenvalue weighted by molar-refractivity contribution is -0.155. The zero-order valence-corrected chi connectivity index (χ0v) is 13.5. The van der Waals surface area contributed by atoms with Crippen LogP contribution in [0.2, 0.25) is 0 Å². The quantitative estimate of drug-likeness (QED) is 0.456. The van der Waals surface area contributed by atoms with Crippen LogP contribution in [0.1, 0.15) is 53.4 Å². The second kappa shape index (κ2) is 10.7. The summed E-state index contributed by atoms with van der Waals surface area (Å²) in [6.07, 6.45) is 3.68. The van der Waals surface area contributed by atoms with Crippen molar-refractivity contribution in [3.63, 3.8) is 0 Å². The number of nitrogens with zero attached hydrogens (tertiary/aromatic N) is 1. The van der Waals surface area contributed by atoms with Crippen LogP contribution in [0, 0.1) is 0 Å². The molecule has 0 aliphatic rings. The first-order valence-corrected chi connectivity index (χ1v) is 7.50. The van der Waals surface area contributed by atoms with Crippen LogP contribution in [0.5, 0.6) is 0 Å². The molecule has 0 rings (SSSR count). The number of unbranched alkanes of at least 4 members (excludes halogenated alkanes) is 2. The van der Waals surface area contributed by atoms with Gasteiger partial charge in [0.2, 0.25) is 0 Å². The van der Waals surface area contributed by atoms with Crippen molar-refractivity contribution >= 4 is 11.9 Å². The Bertz CT molecular complexity index is 266. The van der Waals surface area contributed by atoms with Crippen molar-refractivity contribution in [3.05, 3.63) is 0 Å². The number of carbonyl (C=O) groups excluding carboxylic acids is 2. The Hall–Kier alpha value is -1.10. The molecule has 0 N–H and O–H groups in total. The van der Waals surface area contributed by atoms with E-state index in [1.165, 1.54) is 0 Å². The highest BCUT2D eigenvalue weighted by molar-refractivity contribution is 5.79. The fraction of sp³-hybridized carbons (Fsp3) is 0.867. The summed E-state index contributed by atoms with van der Waals surface area (Å²) in [7, 11) is 1.73. The highest BCUT2D eigenvalue weighted by atomic mass is 16.5. The fourth-order valence-electron chi connectivity index (χ4n) is 1.54. The van der Waals surface area contributed by atoms with E-state index in [0.717, 1.165) is 25.7 Å². The Balaban J connectivity index is 4.22. The van der Waals surface area contributed by atoms with Gasteiger partial charge in [-0.2, -0.15) is 0 Å². The van der Waals surface area contributed by atoms with E-state index in [2.05, 4.69) is 0 Å². The maximum Gasteiger partial charge on any atom is 0.323 e. The minimum atomic E-state index is -0.458. The average Bonchev–Trinajstić information content (AvgIpc) is 2.45. The second-order valence-electron chi connectivity index (χ2n) is 5.06. The molecule has 0 radical (unpaired) electrons. The highest BCUT2D eigenvalue weighted by Crippen LogP contribution is 2.07. The number of ether oxygens (including phenoxy) is 2. The SMILES string of the molecule is CCCCOC(=O)C(C)N(C)C(C)C(=O)OCCCC. The Labute approximate surface area is 122 Å². The van der Waals surface area contributed by atoms with Crippen molar-refractivity contribution in [2.24, 2.45) is 0 Å². The Morgan fingerprint density at radius 1 is 0.900 bits per heavy atom. The molecule has 0 amide bonds. The molecule has 0 saturated carbocycles. The summed E-state index contributed by atoms with van der Waals surface area (Å²) in [6.45, 7) is 8.43. The smallest absolute Gasteiger partial charge is 0.323 e. The van der Waals surface area contributed by atoms with Crippen LogP contribution >= 0.6 is 0 Å². The van der Waals surface area contributed by atoms with Gasteiger partial charge >= 0.3 is 11.9 Å².